The van der Waals surface area contributed by atoms with E-state index in [1.807, 2.05) is 6.07 Å². The highest BCUT2D eigenvalue weighted by Gasteiger charge is 2.18. The Balaban J connectivity index is 2.21. The molecule has 1 unspecified atom stereocenters. The fourth-order valence-electron chi connectivity index (χ4n) is 1.82. The zero-order valence-electron chi connectivity index (χ0n) is 10.7. The second-order valence-electron chi connectivity index (χ2n) is 4.27. The monoisotopic (exact) mass is 269 g/mol. The maximum absolute atomic E-state index is 12.1. The largest absolute Gasteiger partial charge is 0.382 e. The van der Waals surface area contributed by atoms with E-state index in [1.165, 1.54) is 0 Å². The first-order valence-electron chi connectivity index (χ1n) is 6.04. The molecule has 0 fully saturated rings. The van der Waals surface area contributed by atoms with Crippen molar-refractivity contribution in [1.29, 1.82) is 0 Å². The number of carbonyl (C=O) groups excluding carboxylic acids is 1. The van der Waals surface area contributed by atoms with Gasteiger partial charge in [0.2, 0.25) is 0 Å². The highest BCUT2D eigenvalue weighted by Crippen LogP contribution is 2.18. The maximum atomic E-state index is 12.1. The van der Waals surface area contributed by atoms with Crippen LogP contribution in [0.2, 0.25) is 0 Å². The van der Waals surface area contributed by atoms with E-state index in [0.717, 1.165) is 0 Å². The molecule has 2 aromatic carbocycles. The second-order valence-corrected chi connectivity index (χ2v) is 4.27. The van der Waals surface area contributed by atoms with Crippen molar-refractivity contribution in [3.8, 4) is 0 Å². The van der Waals surface area contributed by atoms with Crippen LogP contribution in [0.15, 0.2) is 59.7 Å². The van der Waals surface area contributed by atoms with Crippen molar-refractivity contribution in [2.45, 2.75) is 6.10 Å². The molecule has 20 heavy (non-hydrogen) atoms. The van der Waals surface area contributed by atoms with Gasteiger partial charge in [-0.2, -0.15) is 5.10 Å². The quantitative estimate of drug-likeness (QED) is 0.255. The molecule has 0 aliphatic heterocycles. The summed E-state index contributed by atoms with van der Waals surface area (Å²) in [7, 11) is 0. The molecule has 0 saturated carbocycles. The smallest absolute Gasteiger partial charge is 0.195 e. The highest BCUT2D eigenvalue weighted by atomic mass is 16.3. The topological polar surface area (TPSA) is 102 Å². The van der Waals surface area contributed by atoms with E-state index in [1.54, 1.807) is 48.5 Å². The number of nitrogens with zero attached hydrogens (tertiary/aromatic N) is 1. The Bertz CT molecular complexity index is 621. The molecule has 1 atom stereocenters. The van der Waals surface area contributed by atoms with E-state index in [-0.39, 0.29) is 11.6 Å². The zero-order chi connectivity index (χ0) is 14.5. The summed E-state index contributed by atoms with van der Waals surface area (Å²) in [4.78, 5) is 12.1. The summed E-state index contributed by atoms with van der Waals surface area (Å²) in [5.41, 5.74) is 7.16. The average molecular weight is 269 g/mol. The molecule has 0 saturated heterocycles. The number of hydrogen-bond donors (Lipinski definition) is 3. The number of amidine groups is 1. The number of rotatable bonds is 4. The Morgan fingerprint density at radius 1 is 1.00 bits per heavy atom. The Morgan fingerprint density at radius 2 is 1.60 bits per heavy atom. The van der Waals surface area contributed by atoms with Crippen molar-refractivity contribution in [3.05, 3.63) is 71.3 Å². The first-order chi connectivity index (χ1) is 9.63. The molecule has 0 heterocycles. The van der Waals surface area contributed by atoms with Crippen LogP contribution in [0.3, 0.4) is 0 Å². The third kappa shape index (κ3) is 2.84. The molecule has 5 nitrogen and oxygen atoms in total. The summed E-state index contributed by atoms with van der Waals surface area (Å²) in [5, 5.41) is 13.5. The first-order valence-corrected chi connectivity index (χ1v) is 6.04. The molecular weight excluding hydrogens is 254 g/mol. The Morgan fingerprint density at radius 3 is 2.15 bits per heavy atom. The summed E-state index contributed by atoms with van der Waals surface area (Å²) in [5.74, 6) is 4.93. The molecule has 0 amide bonds. The number of ketones is 1. The van der Waals surface area contributed by atoms with E-state index in [0.29, 0.717) is 16.7 Å². The summed E-state index contributed by atoms with van der Waals surface area (Å²) in [6.45, 7) is 0. The van der Waals surface area contributed by atoms with Gasteiger partial charge in [0.05, 0.1) is 0 Å². The lowest BCUT2D eigenvalue weighted by atomic mass is 9.99. The van der Waals surface area contributed by atoms with Crippen molar-refractivity contribution >= 4 is 11.6 Å². The van der Waals surface area contributed by atoms with Crippen LogP contribution in [-0.4, -0.2) is 16.7 Å². The van der Waals surface area contributed by atoms with Crippen LogP contribution in [0.25, 0.3) is 0 Å². The van der Waals surface area contributed by atoms with E-state index < -0.39 is 6.10 Å². The van der Waals surface area contributed by atoms with Crippen LogP contribution in [0.1, 0.15) is 27.6 Å². The van der Waals surface area contributed by atoms with E-state index in [4.69, 9.17) is 11.6 Å². The van der Waals surface area contributed by atoms with Gasteiger partial charge >= 0.3 is 0 Å². The molecule has 2 aromatic rings. The van der Waals surface area contributed by atoms with Gasteiger partial charge in [0.25, 0.3) is 0 Å². The predicted octanol–water partition coefficient (Wildman–Crippen LogP) is 1.18. The molecule has 0 spiro atoms. The minimum Gasteiger partial charge on any atom is -0.382 e. The van der Waals surface area contributed by atoms with Crippen LogP contribution in [0.5, 0.6) is 0 Å². The minimum atomic E-state index is -1.21. The molecule has 5 N–H and O–H groups in total. The van der Waals surface area contributed by atoms with Crippen LogP contribution >= 0.6 is 0 Å². The van der Waals surface area contributed by atoms with Gasteiger partial charge in [0.1, 0.15) is 11.9 Å². The summed E-state index contributed by atoms with van der Waals surface area (Å²) < 4.78 is 0. The molecule has 0 aromatic heterocycles. The fraction of sp³-hybridized carbons (Fsp3) is 0.0667. The Labute approximate surface area is 116 Å². The minimum absolute atomic E-state index is 0.195. The molecule has 0 aliphatic carbocycles. The number of nitrogens with two attached hydrogens (primary N) is 2. The number of aliphatic hydroxyl groups excluding tert-OH is 1. The Hall–Kier alpha value is -2.66. The normalized spacial score (nSPS) is 12.9. The van der Waals surface area contributed by atoms with Gasteiger partial charge < -0.3 is 16.7 Å². The predicted molar refractivity (Wildman–Crippen MR) is 77.1 cm³/mol. The lowest BCUT2D eigenvalue weighted by molar-refractivity contribution is 0.0747. The number of aliphatic hydroxyl groups is 1. The number of hydrazone groups is 1. The van der Waals surface area contributed by atoms with Crippen molar-refractivity contribution < 1.29 is 9.90 Å². The lowest BCUT2D eigenvalue weighted by Gasteiger charge is -2.10. The molecule has 102 valence electrons. The maximum Gasteiger partial charge on any atom is 0.195 e. The van der Waals surface area contributed by atoms with Crippen LogP contribution < -0.4 is 11.6 Å². The summed E-state index contributed by atoms with van der Waals surface area (Å²) in [6.07, 6.45) is -1.21. The van der Waals surface area contributed by atoms with Gasteiger partial charge in [-0.15, -0.1) is 0 Å². The molecule has 0 radical (unpaired) electrons. The molecule has 0 aliphatic rings. The third-order valence-electron chi connectivity index (χ3n) is 2.97. The number of Topliss-reactive ketones (excluding diaryl/α,β-unsaturated/α-hetero) is 1. The van der Waals surface area contributed by atoms with Gasteiger partial charge in [-0.25, -0.2) is 0 Å². The van der Waals surface area contributed by atoms with Gasteiger partial charge in [0, 0.05) is 11.1 Å². The van der Waals surface area contributed by atoms with Crippen LogP contribution in [-0.2, 0) is 0 Å². The summed E-state index contributed by atoms with van der Waals surface area (Å²) >= 11 is 0. The number of hydrogen-bond acceptors (Lipinski definition) is 4. The van der Waals surface area contributed by atoms with Crippen molar-refractivity contribution in [2.75, 3.05) is 0 Å². The Kier molecular flexibility index (Phi) is 4.12. The van der Waals surface area contributed by atoms with Gasteiger partial charge in [-0.1, -0.05) is 54.6 Å². The zero-order valence-corrected chi connectivity index (χ0v) is 10.7. The van der Waals surface area contributed by atoms with E-state index in [9.17, 15) is 9.90 Å². The van der Waals surface area contributed by atoms with Crippen LogP contribution in [0, 0.1) is 0 Å². The molecule has 2 rings (SSSR count). The van der Waals surface area contributed by atoms with Gasteiger partial charge in [0.15, 0.2) is 5.78 Å². The second kappa shape index (κ2) is 5.99. The van der Waals surface area contributed by atoms with Crippen molar-refractivity contribution in [2.24, 2.45) is 16.7 Å². The first kappa shape index (κ1) is 13.8. The van der Waals surface area contributed by atoms with Gasteiger partial charge in [-0.3, -0.25) is 4.79 Å². The molecule has 5 heteroatoms. The van der Waals surface area contributed by atoms with Gasteiger partial charge in [-0.05, 0) is 5.56 Å². The highest BCUT2D eigenvalue weighted by molar-refractivity contribution is 6.00. The van der Waals surface area contributed by atoms with E-state index in [2.05, 4.69) is 5.10 Å². The standard InChI is InChI=1S/C15H15N3O2/c16-15(18-17)12-8-6-11(7-9-12)14(20)13(19)10-4-2-1-3-5-10/h1-9,14,20H,17H2,(H2,16,18). The molecular formula is C15H15N3O2. The number of benzene rings is 2. The lowest BCUT2D eigenvalue weighted by Crippen LogP contribution is -2.16. The van der Waals surface area contributed by atoms with E-state index >= 15 is 0 Å². The average Bonchev–Trinajstić information content (AvgIpc) is 2.53. The number of carbonyl (C=O) groups is 1. The fourth-order valence-corrected chi connectivity index (χ4v) is 1.82. The molecule has 0 bridgehead atoms. The van der Waals surface area contributed by atoms with Crippen molar-refractivity contribution in [3.63, 3.8) is 0 Å². The third-order valence-corrected chi connectivity index (χ3v) is 2.97. The summed E-state index contributed by atoms with van der Waals surface area (Å²) in [6, 6.07) is 15.2. The van der Waals surface area contributed by atoms with Crippen molar-refractivity contribution in [1.82, 2.24) is 0 Å². The SMILES string of the molecule is NN=C(N)c1ccc(C(O)C(=O)c2ccccc2)cc1. The van der Waals surface area contributed by atoms with Crippen LogP contribution in [0.4, 0.5) is 0 Å².